The van der Waals surface area contributed by atoms with Crippen LogP contribution in [0.4, 0.5) is 5.95 Å². The van der Waals surface area contributed by atoms with Crippen molar-refractivity contribution in [2.45, 2.75) is 34.6 Å². The van der Waals surface area contributed by atoms with Crippen molar-refractivity contribution in [3.8, 4) is 11.3 Å². The Morgan fingerprint density at radius 1 is 1.00 bits per heavy atom. The van der Waals surface area contributed by atoms with E-state index in [-0.39, 0.29) is 0 Å². The Hall–Kier alpha value is -1.77. The van der Waals surface area contributed by atoms with Crippen LogP contribution in [0.3, 0.4) is 0 Å². The van der Waals surface area contributed by atoms with Gasteiger partial charge in [-0.05, 0) is 56.9 Å². The number of hydrogen-bond acceptors (Lipinski definition) is 2. The number of aryl methyl sites for hydroxylation is 3. The Balaban J connectivity index is 2.79. The summed E-state index contributed by atoms with van der Waals surface area (Å²) < 4.78 is 0. The maximum Gasteiger partial charge on any atom is 0.198 e. The van der Waals surface area contributed by atoms with E-state index in [1.165, 1.54) is 27.8 Å². The lowest BCUT2D eigenvalue weighted by Crippen LogP contribution is -1.96. The lowest BCUT2D eigenvalue weighted by Gasteiger charge is -2.14. The molecular formula is C14H19N3. The molecule has 0 spiro atoms. The lowest BCUT2D eigenvalue weighted by atomic mass is 9.92. The Labute approximate surface area is 102 Å². The number of nitrogens with zero attached hydrogens (tertiary/aromatic N) is 1. The maximum atomic E-state index is 5.73. The van der Waals surface area contributed by atoms with Gasteiger partial charge in [-0.3, -0.25) is 0 Å². The molecule has 0 saturated heterocycles. The number of aromatic amines is 1. The average molecular weight is 229 g/mol. The third kappa shape index (κ3) is 1.82. The quantitative estimate of drug-likeness (QED) is 0.789. The van der Waals surface area contributed by atoms with E-state index in [9.17, 15) is 0 Å². The molecule has 3 heteroatoms. The second-order valence-corrected chi connectivity index (χ2v) is 4.73. The first-order chi connectivity index (χ1) is 7.91. The fourth-order valence-corrected chi connectivity index (χ4v) is 2.30. The molecule has 3 nitrogen and oxygen atoms in total. The number of nitrogens with two attached hydrogens (primary N) is 1. The molecule has 1 aromatic heterocycles. The van der Waals surface area contributed by atoms with E-state index in [1.54, 1.807) is 0 Å². The number of anilines is 1. The summed E-state index contributed by atoms with van der Waals surface area (Å²) in [5.74, 6) is 0.482. The molecule has 0 atom stereocenters. The number of H-pyrrole nitrogens is 1. The Morgan fingerprint density at radius 2 is 1.53 bits per heavy atom. The summed E-state index contributed by atoms with van der Waals surface area (Å²) in [5, 5.41) is 0. The molecule has 0 radical (unpaired) electrons. The highest BCUT2D eigenvalue weighted by Gasteiger charge is 2.15. The Bertz CT molecular complexity index is 553. The molecule has 0 aliphatic rings. The van der Waals surface area contributed by atoms with Crippen LogP contribution in [0, 0.1) is 34.6 Å². The third-order valence-corrected chi connectivity index (χ3v) is 3.51. The number of nitrogens with one attached hydrogen (secondary N) is 1. The van der Waals surface area contributed by atoms with Gasteiger partial charge in [-0.15, -0.1) is 0 Å². The molecular weight excluding hydrogens is 210 g/mol. The summed E-state index contributed by atoms with van der Waals surface area (Å²) in [6.07, 6.45) is 0. The van der Waals surface area contributed by atoms with Crippen molar-refractivity contribution in [1.82, 2.24) is 9.97 Å². The summed E-state index contributed by atoms with van der Waals surface area (Å²) in [5.41, 5.74) is 14.1. The summed E-state index contributed by atoms with van der Waals surface area (Å²) in [6, 6.07) is 2.22. The maximum absolute atomic E-state index is 5.73. The first kappa shape index (κ1) is 11.7. The fraction of sp³-hybridized carbons (Fsp3) is 0.357. The highest BCUT2D eigenvalue weighted by Crippen LogP contribution is 2.32. The van der Waals surface area contributed by atoms with Crippen molar-refractivity contribution in [2.24, 2.45) is 0 Å². The van der Waals surface area contributed by atoms with Gasteiger partial charge < -0.3 is 10.7 Å². The number of aromatic nitrogens is 2. The molecule has 2 aromatic rings. The highest BCUT2D eigenvalue weighted by atomic mass is 15.0. The molecule has 90 valence electrons. The van der Waals surface area contributed by atoms with Gasteiger partial charge in [0.15, 0.2) is 5.95 Å². The van der Waals surface area contributed by atoms with Gasteiger partial charge in [0.05, 0.1) is 5.69 Å². The van der Waals surface area contributed by atoms with Crippen molar-refractivity contribution in [3.63, 3.8) is 0 Å². The van der Waals surface area contributed by atoms with Gasteiger partial charge in [-0.1, -0.05) is 6.07 Å². The van der Waals surface area contributed by atoms with E-state index >= 15 is 0 Å². The van der Waals surface area contributed by atoms with Crippen LogP contribution in [0.2, 0.25) is 0 Å². The smallest absolute Gasteiger partial charge is 0.198 e. The van der Waals surface area contributed by atoms with Gasteiger partial charge in [0.2, 0.25) is 0 Å². The number of hydrogen-bond donors (Lipinski definition) is 2. The zero-order valence-corrected chi connectivity index (χ0v) is 11.1. The summed E-state index contributed by atoms with van der Waals surface area (Å²) >= 11 is 0. The van der Waals surface area contributed by atoms with Crippen molar-refractivity contribution in [1.29, 1.82) is 0 Å². The largest absolute Gasteiger partial charge is 0.369 e. The van der Waals surface area contributed by atoms with Crippen LogP contribution < -0.4 is 5.73 Å². The van der Waals surface area contributed by atoms with Crippen molar-refractivity contribution in [3.05, 3.63) is 34.0 Å². The van der Waals surface area contributed by atoms with E-state index in [0.29, 0.717) is 5.95 Å². The lowest BCUT2D eigenvalue weighted by molar-refractivity contribution is 1.22. The zero-order valence-electron chi connectivity index (χ0n) is 11.1. The minimum absolute atomic E-state index is 0.482. The predicted octanol–water partition coefficient (Wildman–Crippen LogP) is 3.20. The summed E-state index contributed by atoms with van der Waals surface area (Å²) in [6.45, 7) is 10.6. The van der Waals surface area contributed by atoms with Crippen LogP contribution in [0.1, 0.15) is 27.9 Å². The van der Waals surface area contributed by atoms with Gasteiger partial charge in [0, 0.05) is 11.3 Å². The fourth-order valence-electron chi connectivity index (χ4n) is 2.30. The van der Waals surface area contributed by atoms with Gasteiger partial charge in [0.25, 0.3) is 0 Å². The number of rotatable bonds is 1. The molecule has 1 heterocycles. The molecule has 3 N–H and O–H groups in total. The first-order valence-corrected chi connectivity index (χ1v) is 5.81. The van der Waals surface area contributed by atoms with Crippen molar-refractivity contribution in [2.75, 3.05) is 5.73 Å². The van der Waals surface area contributed by atoms with Crippen LogP contribution in [0.15, 0.2) is 6.07 Å². The average Bonchev–Trinajstić information content (AvgIpc) is 2.56. The van der Waals surface area contributed by atoms with E-state index < -0.39 is 0 Å². The topological polar surface area (TPSA) is 54.7 Å². The molecule has 0 unspecified atom stereocenters. The molecule has 0 amide bonds. The molecule has 17 heavy (non-hydrogen) atoms. The predicted molar refractivity (Wildman–Crippen MR) is 72.1 cm³/mol. The molecule has 0 aliphatic heterocycles. The van der Waals surface area contributed by atoms with E-state index in [2.05, 4.69) is 43.7 Å². The minimum Gasteiger partial charge on any atom is -0.369 e. The van der Waals surface area contributed by atoms with Crippen molar-refractivity contribution >= 4 is 5.95 Å². The van der Waals surface area contributed by atoms with E-state index in [4.69, 9.17) is 5.73 Å². The summed E-state index contributed by atoms with van der Waals surface area (Å²) in [7, 11) is 0. The Kier molecular flexibility index (Phi) is 2.69. The van der Waals surface area contributed by atoms with Gasteiger partial charge in [-0.25, -0.2) is 4.98 Å². The van der Waals surface area contributed by atoms with E-state index in [1.807, 2.05) is 6.92 Å². The highest BCUT2D eigenvalue weighted by molar-refractivity contribution is 5.73. The van der Waals surface area contributed by atoms with Crippen LogP contribution in [-0.4, -0.2) is 9.97 Å². The summed E-state index contributed by atoms with van der Waals surface area (Å²) in [4.78, 5) is 7.47. The zero-order chi connectivity index (χ0) is 12.7. The number of benzene rings is 1. The van der Waals surface area contributed by atoms with Crippen LogP contribution in [0.5, 0.6) is 0 Å². The first-order valence-electron chi connectivity index (χ1n) is 5.81. The van der Waals surface area contributed by atoms with Gasteiger partial charge in [0.1, 0.15) is 0 Å². The molecule has 2 rings (SSSR count). The van der Waals surface area contributed by atoms with Crippen molar-refractivity contribution < 1.29 is 0 Å². The molecule has 0 aliphatic carbocycles. The SMILES string of the molecule is Cc1cc(C)c(C)c(-c2nc(N)[nH]c2C)c1C. The van der Waals surface area contributed by atoms with Crippen LogP contribution >= 0.6 is 0 Å². The standard InChI is InChI=1S/C14H19N3/c1-7-6-8(2)10(4)12(9(7)3)13-11(5)16-14(15)17-13/h6H,1-5H3,(H3,15,16,17). The van der Waals surface area contributed by atoms with Crippen LogP contribution in [0.25, 0.3) is 11.3 Å². The monoisotopic (exact) mass is 229 g/mol. The van der Waals surface area contributed by atoms with Crippen LogP contribution in [-0.2, 0) is 0 Å². The Morgan fingerprint density at radius 3 is 1.94 bits per heavy atom. The number of imidazole rings is 1. The second kappa shape index (κ2) is 3.91. The molecule has 0 fully saturated rings. The minimum atomic E-state index is 0.482. The molecule has 0 saturated carbocycles. The van der Waals surface area contributed by atoms with Gasteiger partial charge >= 0.3 is 0 Å². The number of nitrogen functional groups attached to an aromatic ring is 1. The van der Waals surface area contributed by atoms with E-state index in [0.717, 1.165) is 11.4 Å². The normalized spacial score (nSPS) is 10.9. The molecule has 0 bridgehead atoms. The third-order valence-electron chi connectivity index (χ3n) is 3.51. The molecule has 1 aromatic carbocycles. The van der Waals surface area contributed by atoms with Gasteiger partial charge in [-0.2, -0.15) is 0 Å². The second-order valence-electron chi connectivity index (χ2n) is 4.73.